The molecule has 0 radical (unpaired) electrons. The van der Waals surface area contributed by atoms with Crippen molar-refractivity contribution in [1.29, 1.82) is 0 Å². The minimum Gasteiger partial charge on any atom is -0.385 e. The molecule has 0 aromatic rings. The summed E-state index contributed by atoms with van der Waals surface area (Å²) < 4.78 is 5.06. The standard InChI is InChI=1S/C16H33N3O.HI/c1-4-16(10-9-11-16)14-19-15(17-5-2)18-12-7-6-8-13-20-3;/h4-14H2,1-3H3,(H2,17,18,19);1H. The van der Waals surface area contributed by atoms with Crippen molar-refractivity contribution in [2.75, 3.05) is 33.4 Å². The molecule has 1 fully saturated rings. The summed E-state index contributed by atoms with van der Waals surface area (Å²) in [5.74, 6) is 0.985. The van der Waals surface area contributed by atoms with E-state index >= 15 is 0 Å². The number of hydrogen-bond acceptors (Lipinski definition) is 2. The topological polar surface area (TPSA) is 45.7 Å². The number of nitrogens with zero attached hydrogens (tertiary/aromatic N) is 1. The van der Waals surface area contributed by atoms with Crippen molar-refractivity contribution in [3.63, 3.8) is 0 Å². The summed E-state index contributed by atoms with van der Waals surface area (Å²) in [7, 11) is 1.76. The first-order valence-corrected chi connectivity index (χ1v) is 8.27. The Morgan fingerprint density at radius 3 is 2.43 bits per heavy atom. The van der Waals surface area contributed by atoms with Crippen LogP contribution in [0.2, 0.25) is 0 Å². The fraction of sp³-hybridized carbons (Fsp3) is 0.938. The molecule has 5 heteroatoms. The third-order valence-electron chi connectivity index (χ3n) is 4.40. The van der Waals surface area contributed by atoms with Crippen molar-refractivity contribution in [2.45, 2.75) is 58.8 Å². The molecule has 1 rings (SSSR count). The fourth-order valence-corrected chi connectivity index (χ4v) is 2.64. The van der Waals surface area contributed by atoms with Crippen LogP contribution in [-0.2, 0) is 4.74 Å². The molecule has 4 nitrogen and oxygen atoms in total. The van der Waals surface area contributed by atoms with Crippen molar-refractivity contribution in [3.8, 4) is 0 Å². The zero-order valence-electron chi connectivity index (χ0n) is 14.0. The van der Waals surface area contributed by atoms with E-state index in [4.69, 9.17) is 9.73 Å². The number of hydrogen-bond donors (Lipinski definition) is 2. The Bertz CT molecular complexity index is 275. The van der Waals surface area contributed by atoms with Crippen LogP contribution in [-0.4, -0.2) is 39.3 Å². The monoisotopic (exact) mass is 411 g/mol. The maximum absolute atomic E-state index is 5.06. The first kappa shape index (κ1) is 21.0. The van der Waals surface area contributed by atoms with E-state index in [1.54, 1.807) is 7.11 Å². The molecule has 21 heavy (non-hydrogen) atoms. The van der Waals surface area contributed by atoms with Gasteiger partial charge in [-0.2, -0.15) is 0 Å². The van der Waals surface area contributed by atoms with Crippen LogP contribution in [0.1, 0.15) is 58.8 Å². The largest absolute Gasteiger partial charge is 0.385 e. The average Bonchev–Trinajstić information content (AvgIpc) is 2.41. The van der Waals surface area contributed by atoms with Crippen molar-refractivity contribution < 1.29 is 4.74 Å². The van der Waals surface area contributed by atoms with Gasteiger partial charge in [0, 0.05) is 33.4 Å². The highest BCUT2D eigenvalue weighted by atomic mass is 127. The summed E-state index contributed by atoms with van der Waals surface area (Å²) >= 11 is 0. The van der Waals surface area contributed by atoms with Crippen LogP contribution in [0.15, 0.2) is 4.99 Å². The van der Waals surface area contributed by atoms with Gasteiger partial charge in [-0.25, -0.2) is 0 Å². The number of unbranched alkanes of at least 4 members (excludes halogenated alkanes) is 2. The van der Waals surface area contributed by atoms with Gasteiger partial charge in [-0.1, -0.05) is 13.3 Å². The molecule has 0 aliphatic heterocycles. The molecule has 2 N–H and O–H groups in total. The van der Waals surface area contributed by atoms with Gasteiger partial charge in [0.05, 0.1) is 0 Å². The van der Waals surface area contributed by atoms with E-state index < -0.39 is 0 Å². The third-order valence-corrected chi connectivity index (χ3v) is 4.40. The van der Waals surface area contributed by atoms with Gasteiger partial charge in [0.25, 0.3) is 0 Å². The van der Waals surface area contributed by atoms with Gasteiger partial charge in [0.2, 0.25) is 0 Å². The van der Waals surface area contributed by atoms with Crippen LogP contribution in [0.5, 0.6) is 0 Å². The van der Waals surface area contributed by atoms with Crippen molar-refractivity contribution in [2.24, 2.45) is 10.4 Å². The van der Waals surface area contributed by atoms with Crippen molar-refractivity contribution >= 4 is 29.9 Å². The first-order valence-electron chi connectivity index (χ1n) is 8.27. The lowest BCUT2D eigenvalue weighted by molar-refractivity contribution is 0.139. The maximum Gasteiger partial charge on any atom is 0.191 e. The van der Waals surface area contributed by atoms with Crippen molar-refractivity contribution in [3.05, 3.63) is 0 Å². The fourth-order valence-electron chi connectivity index (χ4n) is 2.64. The highest BCUT2D eigenvalue weighted by Gasteiger charge is 2.34. The minimum atomic E-state index is 0. The Balaban J connectivity index is 0.00000400. The molecule has 1 saturated carbocycles. The van der Waals surface area contributed by atoms with Gasteiger partial charge in [-0.3, -0.25) is 4.99 Å². The zero-order chi connectivity index (χ0) is 14.7. The number of halogens is 1. The lowest BCUT2D eigenvalue weighted by Crippen LogP contribution is -2.40. The molecule has 0 atom stereocenters. The maximum atomic E-state index is 5.06. The Morgan fingerprint density at radius 2 is 1.90 bits per heavy atom. The van der Waals surface area contributed by atoms with Gasteiger partial charge in [0.1, 0.15) is 0 Å². The SMILES string of the molecule is CCNC(=NCC1(CC)CCC1)NCCCCCOC.I. The molecule has 0 aromatic heterocycles. The Morgan fingerprint density at radius 1 is 1.14 bits per heavy atom. The number of ether oxygens (including phenoxy) is 1. The van der Waals surface area contributed by atoms with Crippen LogP contribution in [0.3, 0.4) is 0 Å². The van der Waals surface area contributed by atoms with Crippen LogP contribution >= 0.6 is 24.0 Å². The molecule has 0 amide bonds. The zero-order valence-corrected chi connectivity index (χ0v) is 16.4. The molecular weight excluding hydrogens is 377 g/mol. The molecule has 0 bridgehead atoms. The number of rotatable bonds is 10. The van der Waals surface area contributed by atoms with Crippen LogP contribution < -0.4 is 10.6 Å². The lowest BCUT2D eigenvalue weighted by Gasteiger charge is -2.40. The van der Waals surface area contributed by atoms with Gasteiger partial charge in [0.15, 0.2) is 5.96 Å². The molecule has 126 valence electrons. The summed E-state index contributed by atoms with van der Waals surface area (Å²) in [4.78, 5) is 4.78. The summed E-state index contributed by atoms with van der Waals surface area (Å²) in [6, 6.07) is 0. The van der Waals surface area contributed by atoms with E-state index in [1.807, 2.05) is 0 Å². The Labute approximate surface area is 147 Å². The summed E-state index contributed by atoms with van der Waals surface area (Å²) in [5, 5.41) is 6.78. The smallest absolute Gasteiger partial charge is 0.191 e. The second kappa shape index (κ2) is 12.5. The molecule has 0 aromatic carbocycles. The number of methoxy groups -OCH3 is 1. The normalized spacial score (nSPS) is 16.8. The Kier molecular flexibility index (Phi) is 12.5. The molecular formula is C16H34IN3O. The van der Waals surface area contributed by atoms with Gasteiger partial charge in [-0.15, -0.1) is 24.0 Å². The minimum absolute atomic E-state index is 0. The van der Waals surface area contributed by atoms with E-state index in [0.29, 0.717) is 5.41 Å². The van der Waals surface area contributed by atoms with Crippen LogP contribution in [0.4, 0.5) is 0 Å². The molecule has 1 aliphatic carbocycles. The average molecular weight is 411 g/mol. The summed E-state index contributed by atoms with van der Waals surface area (Å²) in [5.41, 5.74) is 0.501. The summed E-state index contributed by atoms with van der Waals surface area (Å²) in [6.07, 6.45) is 8.86. The third kappa shape index (κ3) is 8.24. The Hall–Kier alpha value is -0.0400. The van der Waals surface area contributed by atoms with E-state index in [2.05, 4.69) is 24.5 Å². The van der Waals surface area contributed by atoms with E-state index in [-0.39, 0.29) is 24.0 Å². The quantitative estimate of drug-likeness (QED) is 0.250. The number of aliphatic imine (C=N–C) groups is 1. The van der Waals surface area contributed by atoms with E-state index in [0.717, 1.165) is 38.6 Å². The highest BCUT2D eigenvalue weighted by Crippen LogP contribution is 2.43. The van der Waals surface area contributed by atoms with Crippen molar-refractivity contribution in [1.82, 2.24) is 10.6 Å². The molecule has 0 heterocycles. The predicted molar refractivity (Wildman–Crippen MR) is 102 cm³/mol. The van der Waals surface area contributed by atoms with Gasteiger partial charge >= 0.3 is 0 Å². The number of nitrogens with one attached hydrogen (secondary N) is 2. The predicted octanol–water partition coefficient (Wildman–Crippen LogP) is 3.56. The highest BCUT2D eigenvalue weighted by molar-refractivity contribution is 14.0. The van der Waals surface area contributed by atoms with Crippen LogP contribution in [0.25, 0.3) is 0 Å². The van der Waals surface area contributed by atoms with Crippen LogP contribution in [0, 0.1) is 5.41 Å². The molecule has 0 saturated heterocycles. The van der Waals surface area contributed by atoms with E-state index in [9.17, 15) is 0 Å². The van der Waals surface area contributed by atoms with E-state index in [1.165, 1.54) is 38.5 Å². The second-order valence-corrected chi connectivity index (χ2v) is 5.88. The molecule has 1 aliphatic rings. The first-order chi connectivity index (χ1) is 9.76. The second-order valence-electron chi connectivity index (χ2n) is 5.88. The number of guanidine groups is 1. The van der Waals surface area contributed by atoms with Gasteiger partial charge < -0.3 is 15.4 Å². The summed E-state index contributed by atoms with van der Waals surface area (Å²) in [6.45, 7) is 8.18. The molecule has 0 spiro atoms. The van der Waals surface area contributed by atoms with Gasteiger partial charge in [-0.05, 0) is 50.9 Å². The molecule has 0 unspecified atom stereocenters. The lowest BCUT2D eigenvalue weighted by atomic mass is 9.67.